The minimum Gasteiger partial charge on any atom is -0.367 e. The maximum atomic E-state index is 12.4. The van der Waals surface area contributed by atoms with Gasteiger partial charge in [0.1, 0.15) is 6.61 Å². The van der Waals surface area contributed by atoms with Crippen LogP contribution >= 0.6 is 0 Å². The first-order valence-electron chi connectivity index (χ1n) is 9.19. The molecule has 0 bridgehead atoms. The van der Waals surface area contributed by atoms with Gasteiger partial charge >= 0.3 is 0 Å². The maximum absolute atomic E-state index is 12.4. The predicted molar refractivity (Wildman–Crippen MR) is 104 cm³/mol. The Balaban J connectivity index is 1.53. The van der Waals surface area contributed by atoms with E-state index in [1.165, 1.54) is 0 Å². The molecule has 1 N–H and O–H groups in total. The number of hydrogen-bond acceptors (Lipinski definition) is 6. The fourth-order valence-corrected chi connectivity index (χ4v) is 3.39. The summed E-state index contributed by atoms with van der Waals surface area (Å²) in [5, 5.41) is 3.13. The van der Waals surface area contributed by atoms with Gasteiger partial charge in [-0.15, -0.1) is 0 Å². The number of anilines is 1. The third-order valence-electron chi connectivity index (χ3n) is 4.57. The molecule has 1 aromatic carbocycles. The van der Waals surface area contributed by atoms with Crippen molar-refractivity contribution in [3.05, 3.63) is 54.4 Å². The van der Waals surface area contributed by atoms with Crippen molar-refractivity contribution in [2.75, 3.05) is 45.2 Å². The van der Waals surface area contributed by atoms with Gasteiger partial charge in [-0.05, 0) is 25.7 Å². The Bertz CT molecular complexity index is 711. The summed E-state index contributed by atoms with van der Waals surface area (Å²) < 4.78 is 5.56. The number of ether oxygens (including phenoxy) is 1. The predicted octanol–water partition coefficient (Wildman–Crippen LogP) is 1.18. The summed E-state index contributed by atoms with van der Waals surface area (Å²) in [6, 6.07) is 11.7. The van der Waals surface area contributed by atoms with Crippen LogP contribution < -0.4 is 10.2 Å². The van der Waals surface area contributed by atoms with Crippen LogP contribution in [0.25, 0.3) is 0 Å². The fraction of sp³-hybridized carbons (Fsp3) is 0.450. The molecule has 27 heavy (non-hydrogen) atoms. The smallest absolute Gasteiger partial charge is 0.246 e. The Kier molecular flexibility index (Phi) is 6.73. The zero-order valence-electron chi connectivity index (χ0n) is 15.9. The number of nitrogens with one attached hydrogen (secondary N) is 1. The van der Waals surface area contributed by atoms with Crippen LogP contribution in [-0.2, 0) is 16.1 Å². The molecule has 2 unspecified atom stereocenters. The lowest BCUT2D eigenvalue weighted by atomic mass is 10.0. The molecule has 2 heterocycles. The molecule has 0 radical (unpaired) electrons. The van der Waals surface area contributed by atoms with E-state index in [9.17, 15) is 4.79 Å². The largest absolute Gasteiger partial charge is 0.367 e. The van der Waals surface area contributed by atoms with Crippen molar-refractivity contribution in [1.29, 1.82) is 0 Å². The van der Waals surface area contributed by atoms with E-state index in [4.69, 9.17) is 4.74 Å². The molecule has 0 aliphatic carbocycles. The molecule has 2 aromatic rings. The van der Waals surface area contributed by atoms with Crippen molar-refractivity contribution in [3.8, 4) is 0 Å². The summed E-state index contributed by atoms with van der Waals surface area (Å²) in [5.74, 6) is 0.927. The van der Waals surface area contributed by atoms with Crippen molar-refractivity contribution in [2.24, 2.45) is 5.92 Å². The number of nitrogens with zero attached hydrogens (tertiary/aromatic N) is 4. The number of rotatable bonds is 8. The van der Waals surface area contributed by atoms with Crippen LogP contribution in [0.4, 0.5) is 5.95 Å². The highest BCUT2D eigenvalue weighted by atomic mass is 16.5. The molecule has 7 heteroatoms. The average Bonchev–Trinajstić information content (AvgIpc) is 3.05. The molecular weight excluding hydrogens is 342 g/mol. The van der Waals surface area contributed by atoms with Crippen molar-refractivity contribution < 1.29 is 9.53 Å². The second-order valence-electron chi connectivity index (χ2n) is 7.13. The third kappa shape index (κ3) is 5.74. The summed E-state index contributed by atoms with van der Waals surface area (Å²) in [4.78, 5) is 25.3. The molecule has 3 rings (SSSR count). The number of hydrogen-bond donors (Lipinski definition) is 1. The molecule has 1 aromatic heterocycles. The zero-order valence-corrected chi connectivity index (χ0v) is 15.9. The number of benzene rings is 1. The average molecular weight is 369 g/mol. The SMILES string of the molecule is CN(C)CC1CN(c2ncccn2)CC1NC(=O)COCc1ccccc1. The lowest BCUT2D eigenvalue weighted by molar-refractivity contribution is -0.127. The van der Waals surface area contributed by atoms with E-state index in [-0.39, 0.29) is 18.6 Å². The van der Waals surface area contributed by atoms with Crippen molar-refractivity contribution in [2.45, 2.75) is 12.6 Å². The highest BCUT2D eigenvalue weighted by molar-refractivity contribution is 5.77. The Morgan fingerprint density at radius 2 is 1.93 bits per heavy atom. The zero-order chi connectivity index (χ0) is 19.1. The van der Waals surface area contributed by atoms with Crippen molar-refractivity contribution >= 4 is 11.9 Å². The number of aromatic nitrogens is 2. The minimum absolute atomic E-state index is 0.0454. The Labute approximate surface area is 160 Å². The van der Waals surface area contributed by atoms with Gasteiger partial charge in [0.2, 0.25) is 11.9 Å². The first-order chi connectivity index (χ1) is 13.1. The van der Waals surface area contributed by atoms with Crippen LogP contribution in [0.2, 0.25) is 0 Å². The quantitative estimate of drug-likeness (QED) is 0.753. The van der Waals surface area contributed by atoms with Gasteiger partial charge in [0.05, 0.1) is 12.6 Å². The van der Waals surface area contributed by atoms with Crippen molar-refractivity contribution in [1.82, 2.24) is 20.2 Å². The Morgan fingerprint density at radius 1 is 1.19 bits per heavy atom. The van der Waals surface area contributed by atoms with E-state index >= 15 is 0 Å². The molecule has 1 saturated heterocycles. The van der Waals surface area contributed by atoms with Crippen LogP contribution in [0.1, 0.15) is 5.56 Å². The molecule has 0 spiro atoms. The molecule has 1 amide bonds. The number of carbonyl (C=O) groups excluding carboxylic acids is 1. The summed E-state index contributed by atoms with van der Waals surface area (Å²) in [6.07, 6.45) is 3.49. The van der Waals surface area contributed by atoms with Gasteiger partial charge in [0, 0.05) is 37.9 Å². The first kappa shape index (κ1) is 19.3. The summed E-state index contributed by atoms with van der Waals surface area (Å²) in [6.45, 7) is 2.90. The second kappa shape index (κ2) is 9.43. The lowest BCUT2D eigenvalue weighted by Crippen LogP contribution is -2.44. The standard InChI is InChI=1S/C20H27N5O2/c1-24(2)11-17-12-25(20-21-9-6-10-22-20)13-18(17)23-19(26)15-27-14-16-7-4-3-5-8-16/h3-10,17-18H,11-15H2,1-2H3,(H,23,26). The highest BCUT2D eigenvalue weighted by Gasteiger charge is 2.35. The van der Waals surface area contributed by atoms with Crippen LogP contribution in [0.3, 0.4) is 0 Å². The van der Waals surface area contributed by atoms with E-state index in [2.05, 4.69) is 25.1 Å². The fourth-order valence-electron chi connectivity index (χ4n) is 3.39. The molecule has 7 nitrogen and oxygen atoms in total. The van der Waals surface area contributed by atoms with E-state index in [0.717, 1.165) is 18.7 Å². The molecular formula is C20H27N5O2. The third-order valence-corrected chi connectivity index (χ3v) is 4.57. The molecule has 1 fully saturated rings. The molecule has 0 saturated carbocycles. The van der Waals surface area contributed by atoms with Gasteiger partial charge in [-0.2, -0.15) is 0 Å². The molecule has 144 valence electrons. The van der Waals surface area contributed by atoms with E-state index in [1.807, 2.05) is 44.4 Å². The van der Waals surface area contributed by atoms with Gasteiger partial charge in [-0.1, -0.05) is 30.3 Å². The van der Waals surface area contributed by atoms with Gasteiger partial charge in [0.25, 0.3) is 0 Å². The summed E-state index contributed by atoms with van der Waals surface area (Å²) in [5.41, 5.74) is 1.06. The lowest BCUT2D eigenvalue weighted by Gasteiger charge is -2.22. The summed E-state index contributed by atoms with van der Waals surface area (Å²) >= 11 is 0. The second-order valence-corrected chi connectivity index (χ2v) is 7.13. The van der Waals surface area contributed by atoms with Gasteiger partial charge in [-0.3, -0.25) is 4.79 Å². The monoisotopic (exact) mass is 369 g/mol. The summed E-state index contributed by atoms with van der Waals surface area (Å²) in [7, 11) is 4.09. The number of amides is 1. The minimum atomic E-state index is -0.0875. The van der Waals surface area contributed by atoms with E-state index in [0.29, 0.717) is 25.0 Å². The van der Waals surface area contributed by atoms with Crippen LogP contribution in [0, 0.1) is 5.92 Å². The van der Waals surface area contributed by atoms with E-state index in [1.54, 1.807) is 18.5 Å². The highest BCUT2D eigenvalue weighted by Crippen LogP contribution is 2.21. The normalized spacial score (nSPS) is 19.4. The van der Waals surface area contributed by atoms with Gasteiger partial charge < -0.3 is 19.9 Å². The Morgan fingerprint density at radius 3 is 2.63 bits per heavy atom. The van der Waals surface area contributed by atoms with Crippen molar-refractivity contribution in [3.63, 3.8) is 0 Å². The number of carbonyl (C=O) groups is 1. The van der Waals surface area contributed by atoms with Gasteiger partial charge in [-0.25, -0.2) is 9.97 Å². The van der Waals surface area contributed by atoms with Crippen LogP contribution in [-0.4, -0.2) is 67.2 Å². The molecule has 1 aliphatic rings. The van der Waals surface area contributed by atoms with Crippen LogP contribution in [0.5, 0.6) is 0 Å². The van der Waals surface area contributed by atoms with E-state index < -0.39 is 0 Å². The Hall–Kier alpha value is -2.51. The first-order valence-corrected chi connectivity index (χ1v) is 9.19. The van der Waals surface area contributed by atoms with Crippen LogP contribution in [0.15, 0.2) is 48.8 Å². The maximum Gasteiger partial charge on any atom is 0.246 e. The molecule has 2 atom stereocenters. The topological polar surface area (TPSA) is 70.6 Å². The van der Waals surface area contributed by atoms with Gasteiger partial charge in [0.15, 0.2) is 0 Å². The molecule has 1 aliphatic heterocycles.